The number of carbonyl (C=O) groups is 2. The molecule has 0 bridgehead atoms. The number of anilines is 1. The van der Waals surface area contributed by atoms with Gasteiger partial charge in [-0.15, -0.1) is 0 Å². The van der Waals surface area contributed by atoms with Crippen LogP contribution < -0.4 is 5.32 Å². The summed E-state index contributed by atoms with van der Waals surface area (Å²) in [5.74, 6) is -0.348. The maximum Gasteiger partial charge on any atom is 0.271 e. The zero-order valence-corrected chi connectivity index (χ0v) is 12.8. The summed E-state index contributed by atoms with van der Waals surface area (Å²) in [5, 5.41) is 8.18. The summed E-state index contributed by atoms with van der Waals surface area (Å²) in [6.07, 6.45) is 0.672. The van der Waals surface area contributed by atoms with Crippen LogP contribution in [0.1, 0.15) is 12.8 Å². The number of nitrogens with one attached hydrogen (secondary N) is 1. The molecule has 0 atom stereocenters. The molecule has 0 radical (unpaired) electrons. The van der Waals surface area contributed by atoms with Crippen molar-refractivity contribution in [2.24, 2.45) is 5.10 Å². The molecule has 1 aliphatic rings. The number of amides is 2. The molecule has 2 amide bonds. The van der Waals surface area contributed by atoms with E-state index >= 15 is 0 Å². The molecule has 1 heterocycles. The molecule has 1 N–H and O–H groups in total. The van der Waals surface area contributed by atoms with Gasteiger partial charge in [-0.25, -0.2) is 5.01 Å². The smallest absolute Gasteiger partial charge is 0.271 e. The number of hydrogen-bond donors (Lipinski definition) is 1. The number of para-hydroxylation sites is 1. The van der Waals surface area contributed by atoms with Crippen LogP contribution in [0, 0.1) is 0 Å². The minimum atomic E-state index is -0.271. The van der Waals surface area contributed by atoms with Crippen molar-refractivity contribution in [1.29, 1.82) is 0 Å². The molecule has 23 heavy (non-hydrogen) atoms. The van der Waals surface area contributed by atoms with E-state index in [0.717, 1.165) is 16.8 Å². The molecule has 0 fully saturated rings. The van der Waals surface area contributed by atoms with Crippen LogP contribution in [0.15, 0.2) is 59.7 Å². The second kappa shape index (κ2) is 6.44. The predicted molar refractivity (Wildman–Crippen MR) is 89.9 cm³/mol. The molecule has 0 aromatic heterocycles. The fourth-order valence-corrected chi connectivity index (χ4v) is 2.49. The average molecular weight is 307 g/mol. The Labute approximate surface area is 134 Å². The van der Waals surface area contributed by atoms with Crippen LogP contribution in [0.25, 0.3) is 11.1 Å². The van der Waals surface area contributed by atoms with Crippen molar-refractivity contribution in [3.63, 3.8) is 0 Å². The lowest BCUT2D eigenvalue weighted by atomic mass is 10.0. The van der Waals surface area contributed by atoms with Crippen molar-refractivity contribution >= 4 is 23.2 Å². The van der Waals surface area contributed by atoms with E-state index in [1.165, 1.54) is 5.01 Å². The molecule has 0 aliphatic carbocycles. The minimum absolute atomic E-state index is 0.0776. The lowest BCUT2D eigenvalue weighted by Crippen LogP contribution is -2.34. The van der Waals surface area contributed by atoms with Gasteiger partial charge >= 0.3 is 0 Å². The zero-order chi connectivity index (χ0) is 16.2. The Balaban J connectivity index is 1.85. The lowest BCUT2D eigenvalue weighted by Gasteiger charge is -2.19. The first-order valence-electron chi connectivity index (χ1n) is 7.45. The average Bonchev–Trinajstić information content (AvgIpc) is 2.58. The first kappa shape index (κ1) is 15.0. The van der Waals surface area contributed by atoms with Crippen molar-refractivity contribution < 1.29 is 9.59 Å². The van der Waals surface area contributed by atoms with Gasteiger partial charge in [0.15, 0.2) is 0 Å². The summed E-state index contributed by atoms with van der Waals surface area (Å²) < 4.78 is 0. The molecule has 116 valence electrons. The Bertz CT molecular complexity index is 769. The normalized spacial score (nSPS) is 14.4. The minimum Gasteiger partial charge on any atom is -0.320 e. The van der Waals surface area contributed by atoms with Crippen LogP contribution in [0.4, 0.5) is 5.69 Å². The molecule has 1 aliphatic heterocycles. The van der Waals surface area contributed by atoms with Gasteiger partial charge in [-0.1, -0.05) is 48.5 Å². The van der Waals surface area contributed by atoms with Crippen LogP contribution in [-0.2, 0) is 9.59 Å². The topological polar surface area (TPSA) is 61.8 Å². The number of nitrogens with zero attached hydrogens (tertiary/aromatic N) is 2. The van der Waals surface area contributed by atoms with Crippen molar-refractivity contribution in [3.8, 4) is 11.1 Å². The third-order valence-corrected chi connectivity index (χ3v) is 3.73. The molecular formula is C18H17N3O2. The molecule has 5 nitrogen and oxygen atoms in total. The first-order valence-corrected chi connectivity index (χ1v) is 7.45. The van der Waals surface area contributed by atoms with E-state index in [-0.39, 0.29) is 11.8 Å². The van der Waals surface area contributed by atoms with E-state index in [9.17, 15) is 9.59 Å². The summed E-state index contributed by atoms with van der Waals surface area (Å²) in [5.41, 5.74) is 3.07. The van der Waals surface area contributed by atoms with Gasteiger partial charge in [-0.05, 0) is 11.6 Å². The highest BCUT2D eigenvalue weighted by Crippen LogP contribution is 2.27. The lowest BCUT2D eigenvalue weighted by molar-refractivity contribution is -0.130. The van der Waals surface area contributed by atoms with Gasteiger partial charge in [-0.3, -0.25) is 9.59 Å². The summed E-state index contributed by atoms with van der Waals surface area (Å²) in [6, 6.07) is 17.5. The third-order valence-electron chi connectivity index (χ3n) is 3.73. The van der Waals surface area contributed by atoms with Crippen molar-refractivity contribution in [3.05, 3.63) is 54.6 Å². The Morgan fingerprint density at radius 3 is 2.48 bits per heavy atom. The molecule has 2 aromatic rings. The highest BCUT2D eigenvalue weighted by molar-refractivity contribution is 6.43. The highest BCUT2D eigenvalue weighted by Gasteiger charge is 2.22. The number of hydrogen-bond acceptors (Lipinski definition) is 3. The summed E-state index contributed by atoms with van der Waals surface area (Å²) >= 11 is 0. The number of benzene rings is 2. The molecule has 0 unspecified atom stereocenters. The zero-order valence-electron chi connectivity index (χ0n) is 12.8. The monoisotopic (exact) mass is 307 g/mol. The molecule has 5 heteroatoms. The Morgan fingerprint density at radius 2 is 1.74 bits per heavy atom. The molecular weight excluding hydrogens is 290 g/mol. The van der Waals surface area contributed by atoms with Crippen LogP contribution in [0.2, 0.25) is 0 Å². The van der Waals surface area contributed by atoms with Crippen LogP contribution in [-0.4, -0.2) is 29.6 Å². The summed E-state index contributed by atoms with van der Waals surface area (Å²) in [4.78, 5) is 23.9. The van der Waals surface area contributed by atoms with Crippen molar-refractivity contribution in [1.82, 2.24) is 5.01 Å². The SMILES string of the molecule is CN1N=C(C(=O)Nc2ccccc2-c2ccccc2)CCC1=O. The molecule has 0 saturated carbocycles. The summed E-state index contributed by atoms with van der Waals surface area (Å²) in [6.45, 7) is 0. The van der Waals surface area contributed by atoms with Crippen LogP contribution >= 0.6 is 0 Å². The number of carbonyl (C=O) groups excluding carboxylic acids is 2. The van der Waals surface area contributed by atoms with Gasteiger partial charge in [-0.2, -0.15) is 5.10 Å². The van der Waals surface area contributed by atoms with Gasteiger partial charge < -0.3 is 5.32 Å². The maximum absolute atomic E-state index is 12.4. The van der Waals surface area contributed by atoms with Gasteiger partial charge in [0.2, 0.25) is 5.91 Å². The van der Waals surface area contributed by atoms with Crippen molar-refractivity contribution in [2.45, 2.75) is 12.8 Å². The fraction of sp³-hybridized carbons (Fsp3) is 0.167. The van der Waals surface area contributed by atoms with E-state index in [1.54, 1.807) is 7.05 Å². The Hall–Kier alpha value is -2.95. The number of rotatable bonds is 3. The van der Waals surface area contributed by atoms with Gasteiger partial charge in [0.25, 0.3) is 5.91 Å². The standard InChI is InChI=1S/C18H17N3O2/c1-21-17(22)12-11-16(20-21)18(23)19-15-10-6-5-9-14(15)13-7-3-2-4-8-13/h2-10H,11-12H2,1H3,(H,19,23). The van der Waals surface area contributed by atoms with Gasteiger partial charge in [0.05, 0.1) is 0 Å². The summed E-state index contributed by atoms with van der Waals surface area (Å²) in [7, 11) is 1.56. The first-order chi connectivity index (χ1) is 11.1. The predicted octanol–water partition coefficient (Wildman–Crippen LogP) is 2.90. The van der Waals surface area contributed by atoms with E-state index in [4.69, 9.17) is 0 Å². The van der Waals surface area contributed by atoms with Crippen LogP contribution in [0.5, 0.6) is 0 Å². The van der Waals surface area contributed by atoms with Gasteiger partial charge in [0.1, 0.15) is 5.71 Å². The molecule has 3 rings (SSSR count). The van der Waals surface area contributed by atoms with E-state index < -0.39 is 0 Å². The van der Waals surface area contributed by atoms with Crippen LogP contribution in [0.3, 0.4) is 0 Å². The molecule has 0 spiro atoms. The largest absolute Gasteiger partial charge is 0.320 e. The maximum atomic E-state index is 12.4. The highest BCUT2D eigenvalue weighted by atomic mass is 16.2. The Kier molecular flexibility index (Phi) is 4.19. The van der Waals surface area contributed by atoms with E-state index in [0.29, 0.717) is 18.6 Å². The van der Waals surface area contributed by atoms with Gasteiger partial charge in [0, 0.05) is 31.1 Å². The molecule has 2 aromatic carbocycles. The Morgan fingerprint density at radius 1 is 1.04 bits per heavy atom. The van der Waals surface area contributed by atoms with E-state index in [1.807, 2.05) is 54.6 Å². The second-order valence-electron chi connectivity index (χ2n) is 5.33. The molecule has 0 saturated heterocycles. The van der Waals surface area contributed by atoms with Crippen molar-refractivity contribution in [2.75, 3.05) is 12.4 Å². The van der Waals surface area contributed by atoms with E-state index in [2.05, 4.69) is 10.4 Å². The quantitative estimate of drug-likeness (QED) is 0.947. The number of hydrazone groups is 1. The second-order valence-corrected chi connectivity index (χ2v) is 5.33. The third kappa shape index (κ3) is 3.29. The fourth-order valence-electron chi connectivity index (χ4n) is 2.49.